The monoisotopic (exact) mass is 424 g/mol. The molecule has 0 bridgehead atoms. The average Bonchev–Trinajstić information content (AvgIpc) is 2.77. The summed E-state index contributed by atoms with van der Waals surface area (Å²) >= 11 is 0. The Balaban J connectivity index is 1.41. The number of rotatable bonds is 1. The van der Waals surface area contributed by atoms with Crippen molar-refractivity contribution in [3.8, 4) is 5.75 Å². The van der Waals surface area contributed by atoms with Crippen molar-refractivity contribution in [2.24, 2.45) is 5.41 Å². The van der Waals surface area contributed by atoms with E-state index in [4.69, 9.17) is 4.74 Å². The molecule has 0 aromatic heterocycles. The number of hydrogen-bond donors (Lipinski definition) is 0. The number of piperidine rings is 1. The van der Waals surface area contributed by atoms with Crippen LogP contribution in [0.1, 0.15) is 48.0 Å². The minimum atomic E-state index is -0.357. The lowest BCUT2D eigenvalue weighted by molar-refractivity contribution is 0.0424. The standard InChI is InChI=1S/C26H33FN2O2/c1-28-17-18-31-24-11-3-2-7-21(24)8-4-5-12-26(20-28)13-15-29(16-14-26)25(30)22-9-6-10-23(27)19-22/h2-3,6-7,9-11,19H,4-5,8,12-18,20H2,1H3. The van der Waals surface area contributed by atoms with Crippen LogP contribution in [0.2, 0.25) is 0 Å². The van der Waals surface area contributed by atoms with Crippen molar-refractivity contribution < 1.29 is 13.9 Å². The van der Waals surface area contributed by atoms with E-state index in [1.54, 1.807) is 12.1 Å². The number of nitrogens with zero attached hydrogens (tertiary/aromatic N) is 2. The smallest absolute Gasteiger partial charge is 0.253 e. The number of para-hydroxylation sites is 1. The molecule has 2 aromatic carbocycles. The van der Waals surface area contributed by atoms with Crippen molar-refractivity contribution in [2.45, 2.75) is 38.5 Å². The number of fused-ring (bicyclic) bond motifs is 1. The number of carbonyl (C=O) groups excluding carboxylic acids is 1. The fraction of sp³-hybridized carbons (Fsp3) is 0.500. The zero-order valence-corrected chi connectivity index (χ0v) is 18.5. The van der Waals surface area contributed by atoms with Gasteiger partial charge in [0.2, 0.25) is 0 Å². The molecule has 1 saturated heterocycles. The number of ether oxygens (including phenoxy) is 1. The van der Waals surface area contributed by atoms with E-state index in [0.29, 0.717) is 12.2 Å². The van der Waals surface area contributed by atoms with Crippen molar-refractivity contribution in [2.75, 3.05) is 39.8 Å². The highest BCUT2D eigenvalue weighted by atomic mass is 19.1. The van der Waals surface area contributed by atoms with Crippen LogP contribution in [0.3, 0.4) is 0 Å². The number of likely N-dealkylation sites (tertiary alicyclic amines) is 1. The first-order chi connectivity index (χ1) is 15.0. The van der Waals surface area contributed by atoms with Gasteiger partial charge in [0.05, 0.1) is 0 Å². The molecule has 0 atom stereocenters. The summed E-state index contributed by atoms with van der Waals surface area (Å²) in [6, 6.07) is 14.4. The molecule has 0 saturated carbocycles. The van der Waals surface area contributed by atoms with Crippen LogP contribution in [0.5, 0.6) is 5.75 Å². The van der Waals surface area contributed by atoms with Crippen molar-refractivity contribution >= 4 is 5.91 Å². The molecule has 5 heteroatoms. The van der Waals surface area contributed by atoms with Gasteiger partial charge >= 0.3 is 0 Å². The second kappa shape index (κ2) is 9.82. The summed E-state index contributed by atoms with van der Waals surface area (Å²) in [4.78, 5) is 17.1. The minimum absolute atomic E-state index is 0.0548. The first-order valence-corrected chi connectivity index (χ1v) is 11.5. The quantitative estimate of drug-likeness (QED) is 0.660. The van der Waals surface area contributed by atoms with Gasteiger partial charge < -0.3 is 14.5 Å². The largest absolute Gasteiger partial charge is 0.492 e. The van der Waals surface area contributed by atoms with Crippen LogP contribution in [0.4, 0.5) is 4.39 Å². The fourth-order valence-corrected chi connectivity index (χ4v) is 5.11. The van der Waals surface area contributed by atoms with Gasteiger partial charge in [0, 0.05) is 31.7 Å². The number of aryl methyl sites for hydroxylation is 1. The van der Waals surface area contributed by atoms with E-state index in [1.807, 2.05) is 11.0 Å². The third-order valence-corrected chi connectivity index (χ3v) is 6.89. The molecule has 2 aliphatic rings. The molecule has 0 radical (unpaired) electrons. The molecule has 0 N–H and O–H groups in total. The Kier molecular flexibility index (Phi) is 6.91. The molecule has 0 aliphatic carbocycles. The zero-order chi connectivity index (χ0) is 21.7. The van der Waals surface area contributed by atoms with Crippen molar-refractivity contribution in [3.05, 3.63) is 65.5 Å². The van der Waals surface area contributed by atoms with Gasteiger partial charge in [-0.15, -0.1) is 0 Å². The first-order valence-electron chi connectivity index (χ1n) is 11.5. The molecule has 4 rings (SSSR count). The number of amides is 1. The van der Waals surface area contributed by atoms with Gasteiger partial charge in [-0.2, -0.15) is 0 Å². The highest BCUT2D eigenvalue weighted by molar-refractivity contribution is 5.94. The van der Waals surface area contributed by atoms with Crippen LogP contribution < -0.4 is 4.74 Å². The normalized spacial score (nSPS) is 20.3. The minimum Gasteiger partial charge on any atom is -0.492 e. The summed E-state index contributed by atoms with van der Waals surface area (Å²) in [5, 5.41) is 0. The van der Waals surface area contributed by atoms with Crippen molar-refractivity contribution in [3.63, 3.8) is 0 Å². The highest BCUT2D eigenvalue weighted by Crippen LogP contribution is 2.38. The van der Waals surface area contributed by atoms with Gasteiger partial charge in [0.15, 0.2) is 0 Å². The van der Waals surface area contributed by atoms with E-state index in [-0.39, 0.29) is 17.1 Å². The Morgan fingerprint density at radius 1 is 1.00 bits per heavy atom. The molecule has 1 fully saturated rings. The van der Waals surface area contributed by atoms with Gasteiger partial charge in [-0.1, -0.05) is 30.7 Å². The maximum Gasteiger partial charge on any atom is 0.253 e. The zero-order valence-electron chi connectivity index (χ0n) is 18.5. The Labute approximate surface area is 185 Å². The maximum atomic E-state index is 13.5. The SMILES string of the molecule is CN1CCOc2ccccc2CCCCC2(CCN(C(=O)c3cccc(F)c3)CC2)C1. The van der Waals surface area contributed by atoms with E-state index in [2.05, 4.69) is 30.1 Å². The van der Waals surface area contributed by atoms with E-state index in [9.17, 15) is 9.18 Å². The first kappa shape index (κ1) is 21.8. The summed E-state index contributed by atoms with van der Waals surface area (Å²) in [6.45, 7) is 4.08. The molecular formula is C26H33FN2O2. The maximum absolute atomic E-state index is 13.5. The van der Waals surface area contributed by atoms with Crippen molar-refractivity contribution in [1.82, 2.24) is 9.80 Å². The second-order valence-electron chi connectivity index (χ2n) is 9.20. The predicted molar refractivity (Wildman–Crippen MR) is 121 cm³/mol. The van der Waals surface area contributed by atoms with Crippen LogP contribution in [-0.2, 0) is 6.42 Å². The summed E-state index contributed by atoms with van der Waals surface area (Å²) in [6.07, 6.45) is 6.55. The van der Waals surface area contributed by atoms with Crippen LogP contribution in [0.15, 0.2) is 48.5 Å². The van der Waals surface area contributed by atoms with Crippen LogP contribution in [0, 0.1) is 11.2 Å². The van der Waals surface area contributed by atoms with Crippen LogP contribution in [-0.4, -0.2) is 55.5 Å². The van der Waals surface area contributed by atoms with Gasteiger partial charge in [-0.25, -0.2) is 4.39 Å². The number of likely N-dealkylation sites (N-methyl/N-ethyl adjacent to an activating group) is 1. The Bertz CT molecular complexity index is 892. The van der Waals surface area contributed by atoms with E-state index < -0.39 is 0 Å². The number of benzene rings is 2. The summed E-state index contributed by atoms with van der Waals surface area (Å²) in [5.74, 6) is 0.611. The average molecular weight is 425 g/mol. The molecule has 1 amide bonds. The second-order valence-corrected chi connectivity index (χ2v) is 9.20. The molecular weight excluding hydrogens is 391 g/mol. The third kappa shape index (κ3) is 5.45. The molecule has 31 heavy (non-hydrogen) atoms. The van der Waals surface area contributed by atoms with Crippen LogP contribution >= 0.6 is 0 Å². The molecule has 2 heterocycles. The molecule has 0 unspecified atom stereocenters. The Morgan fingerprint density at radius 3 is 2.61 bits per heavy atom. The van der Waals surface area contributed by atoms with Gasteiger partial charge in [-0.3, -0.25) is 4.79 Å². The van der Waals surface area contributed by atoms with Crippen LogP contribution in [0.25, 0.3) is 0 Å². The molecule has 1 spiro atoms. The lowest BCUT2D eigenvalue weighted by Crippen LogP contribution is -2.48. The summed E-state index contributed by atoms with van der Waals surface area (Å²) in [7, 11) is 2.17. The van der Waals surface area contributed by atoms with Gasteiger partial charge in [0.25, 0.3) is 5.91 Å². The Morgan fingerprint density at radius 2 is 1.81 bits per heavy atom. The fourth-order valence-electron chi connectivity index (χ4n) is 5.11. The summed E-state index contributed by atoms with van der Waals surface area (Å²) in [5.41, 5.74) is 1.98. The highest BCUT2D eigenvalue weighted by Gasteiger charge is 2.36. The van der Waals surface area contributed by atoms with Gasteiger partial charge in [-0.05, 0) is 74.4 Å². The molecule has 4 nitrogen and oxygen atoms in total. The summed E-state index contributed by atoms with van der Waals surface area (Å²) < 4.78 is 19.6. The molecule has 166 valence electrons. The topological polar surface area (TPSA) is 32.8 Å². The lowest BCUT2D eigenvalue weighted by atomic mass is 9.73. The van der Waals surface area contributed by atoms with E-state index in [1.165, 1.54) is 30.5 Å². The van der Waals surface area contributed by atoms with Crippen molar-refractivity contribution in [1.29, 1.82) is 0 Å². The number of carbonyl (C=O) groups is 1. The number of hydrogen-bond acceptors (Lipinski definition) is 3. The molecule has 2 aromatic rings. The van der Waals surface area contributed by atoms with E-state index >= 15 is 0 Å². The molecule has 2 aliphatic heterocycles. The lowest BCUT2D eigenvalue weighted by Gasteiger charge is -2.44. The van der Waals surface area contributed by atoms with E-state index in [0.717, 1.165) is 57.6 Å². The number of halogens is 1. The van der Waals surface area contributed by atoms with Gasteiger partial charge in [0.1, 0.15) is 18.2 Å². The predicted octanol–water partition coefficient (Wildman–Crippen LogP) is 4.79. The third-order valence-electron chi connectivity index (χ3n) is 6.89. The Hall–Kier alpha value is -2.40.